The Balaban J connectivity index is 3.47. The van der Waals surface area contributed by atoms with Crippen molar-refractivity contribution in [1.82, 2.24) is 4.98 Å². The van der Waals surface area contributed by atoms with Crippen molar-refractivity contribution in [3.05, 3.63) is 28.8 Å². The molecule has 0 amide bonds. The van der Waals surface area contributed by atoms with E-state index in [2.05, 4.69) is 4.98 Å². The third-order valence-corrected chi connectivity index (χ3v) is 1.60. The minimum atomic E-state index is -5.18. The summed E-state index contributed by atoms with van der Waals surface area (Å²) in [6.45, 7) is 0. The van der Waals surface area contributed by atoms with Crippen LogP contribution in [0.4, 0.5) is 26.3 Å². The quantitative estimate of drug-likeness (QED) is 0.707. The van der Waals surface area contributed by atoms with Gasteiger partial charge in [-0.25, -0.2) is 18.2 Å². The third-order valence-electron chi connectivity index (χ3n) is 1.60. The number of pyridine rings is 1. The summed E-state index contributed by atoms with van der Waals surface area (Å²) in [5.74, 6) is -1.85. The average molecular weight is 240 g/mol. The smallest absolute Gasteiger partial charge is 0.238 e. The van der Waals surface area contributed by atoms with Crippen LogP contribution in [-0.4, -0.2) is 4.98 Å². The number of hydrogen-bond donors (Lipinski definition) is 0. The van der Waals surface area contributed by atoms with Gasteiger partial charge < -0.3 is 0 Å². The standard InChI is InChI=1S/C8H2F6N2/c9-4-1-3(2-15)5(7(10)11)16-6(4)8(12,13)14/h1,7H. The molecule has 1 aromatic rings. The molecule has 0 aliphatic rings. The van der Waals surface area contributed by atoms with Gasteiger partial charge in [-0.3, -0.25) is 0 Å². The van der Waals surface area contributed by atoms with Crippen molar-refractivity contribution >= 4 is 0 Å². The molecule has 0 saturated heterocycles. The van der Waals surface area contributed by atoms with Gasteiger partial charge in [0.15, 0.2) is 11.5 Å². The first-order chi connectivity index (χ1) is 7.27. The van der Waals surface area contributed by atoms with Gasteiger partial charge >= 0.3 is 6.18 Å². The van der Waals surface area contributed by atoms with Crippen LogP contribution in [0.3, 0.4) is 0 Å². The summed E-state index contributed by atoms with van der Waals surface area (Å²) < 4.78 is 73.5. The minimum absolute atomic E-state index is 0.0946. The largest absolute Gasteiger partial charge is 0.436 e. The molecule has 0 unspecified atom stereocenters. The Labute approximate surface area is 85.1 Å². The van der Waals surface area contributed by atoms with E-state index in [4.69, 9.17) is 5.26 Å². The number of aromatic nitrogens is 1. The fourth-order valence-corrected chi connectivity index (χ4v) is 0.958. The van der Waals surface area contributed by atoms with E-state index in [1.807, 2.05) is 0 Å². The highest BCUT2D eigenvalue weighted by Gasteiger charge is 2.38. The molecular weight excluding hydrogens is 238 g/mol. The normalized spacial score (nSPS) is 11.6. The van der Waals surface area contributed by atoms with Crippen molar-refractivity contribution in [1.29, 1.82) is 5.26 Å². The van der Waals surface area contributed by atoms with Crippen LogP contribution in [0.15, 0.2) is 6.07 Å². The molecule has 0 radical (unpaired) electrons. The van der Waals surface area contributed by atoms with E-state index >= 15 is 0 Å². The first-order valence-electron chi connectivity index (χ1n) is 3.73. The van der Waals surface area contributed by atoms with Gasteiger partial charge in [-0.2, -0.15) is 18.4 Å². The van der Waals surface area contributed by atoms with E-state index in [0.717, 1.165) is 6.07 Å². The molecule has 0 atom stereocenters. The van der Waals surface area contributed by atoms with E-state index < -0.39 is 35.4 Å². The van der Waals surface area contributed by atoms with Gasteiger partial charge in [0, 0.05) is 0 Å². The Morgan fingerprint density at radius 2 is 1.88 bits per heavy atom. The summed E-state index contributed by atoms with van der Waals surface area (Å²) in [5.41, 5.74) is -4.35. The van der Waals surface area contributed by atoms with Crippen molar-refractivity contribution in [2.75, 3.05) is 0 Å². The highest BCUT2D eigenvalue weighted by Crippen LogP contribution is 2.32. The molecule has 0 spiro atoms. The summed E-state index contributed by atoms with van der Waals surface area (Å²) in [6, 6.07) is 1.24. The zero-order valence-electron chi connectivity index (χ0n) is 7.32. The van der Waals surface area contributed by atoms with Crippen LogP contribution >= 0.6 is 0 Å². The second-order valence-electron chi connectivity index (χ2n) is 2.66. The molecule has 86 valence electrons. The Morgan fingerprint density at radius 3 is 2.25 bits per heavy atom. The first kappa shape index (κ1) is 12.3. The molecule has 0 aliphatic carbocycles. The van der Waals surface area contributed by atoms with Gasteiger partial charge in [0.2, 0.25) is 0 Å². The lowest BCUT2D eigenvalue weighted by molar-refractivity contribution is -0.144. The lowest BCUT2D eigenvalue weighted by Gasteiger charge is -2.09. The zero-order valence-corrected chi connectivity index (χ0v) is 7.32. The summed E-state index contributed by atoms with van der Waals surface area (Å²) in [5, 5.41) is 8.31. The van der Waals surface area contributed by atoms with Gasteiger partial charge in [-0.1, -0.05) is 0 Å². The van der Waals surface area contributed by atoms with E-state index in [1.54, 1.807) is 0 Å². The lowest BCUT2D eigenvalue weighted by atomic mass is 10.2. The Morgan fingerprint density at radius 1 is 1.31 bits per heavy atom. The minimum Gasteiger partial charge on any atom is -0.238 e. The van der Waals surface area contributed by atoms with Crippen molar-refractivity contribution in [2.24, 2.45) is 0 Å². The number of nitrogens with zero attached hydrogens (tertiary/aromatic N) is 2. The van der Waals surface area contributed by atoms with E-state index in [1.165, 1.54) is 0 Å². The average Bonchev–Trinajstić information content (AvgIpc) is 2.14. The molecule has 8 heteroatoms. The molecule has 1 rings (SSSR count). The van der Waals surface area contributed by atoms with Gasteiger partial charge in [0.25, 0.3) is 6.43 Å². The second-order valence-corrected chi connectivity index (χ2v) is 2.66. The summed E-state index contributed by atoms with van der Waals surface area (Å²) in [7, 11) is 0. The number of nitriles is 1. The van der Waals surface area contributed by atoms with Gasteiger partial charge in [0.05, 0.1) is 5.56 Å². The molecule has 0 fully saturated rings. The Hall–Kier alpha value is -1.78. The van der Waals surface area contributed by atoms with Crippen LogP contribution in [-0.2, 0) is 6.18 Å². The monoisotopic (exact) mass is 240 g/mol. The van der Waals surface area contributed by atoms with Crippen LogP contribution in [0.1, 0.15) is 23.4 Å². The molecule has 2 nitrogen and oxygen atoms in total. The number of alkyl halides is 5. The Kier molecular flexibility index (Phi) is 3.07. The topological polar surface area (TPSA) is 36.7 Å². The maximum absolute atomic E-state index is 12.8. The first-order valence-corrected chi connectivity index (χ1v) is 3.73. The highest BCUT2D eigenvalue weighted by molar-refractivity contribution is 5.36. The van der Waals surface area contributed by atoms with Crippen LogP contribution < -0.4 is 0 Å². The fraction of sp³-hybridized carbons (Fsp3) is 0.250. The summed E-state index contributed by atoms with van der Waals surface area (Å²) in [6.07, 6.45) is -8.56. The predicted molar refractivity (Wildman–Crippen MR) is 38.9 cm³/mol. The van der Waals surface area contributed by atoms with Gasteiger partial charge in [-0.15, -0.1) is 0 Å². The van der Waals surface area contributed by atoms with Crippen molar-refractivity contribution in [2.45, 2.75) is 12.6 Å². The maximum Gasteiger partial charge on any atom is 0.436 e. The van der Waals surface area contributed by atoms with E-state index in [9.17, 15) is 26.3 Å². The number of rotatable bonds is 1. The predicted octanol–water partition coefficient (Wildman–Crippen LogP) is 3.05. The van der Waals surface area contributed by atoms with Crippen LogP contribution in [0.5, 0.6) is 0 Å². The molecule has 0 bridgehead atoms. The van der Waals surface area contributed by atoms with Crippen LogP contribution in [0.2, 0.25) is 0 Å². The molecule has 0 aliphatic heterocycles. The Bertz CT molecular complexity index is 444. The molecule has 16 heavy (non-hydrogen) atoms. The molecule has 0 aromatic carbocycles. The molecule has 0 N–H and O–H groups in total. The third kappa shape index (κ3) is 2.24. The van der Waals surface area contributed by atoms with Gasteiger partial charge in [-0.05, 0) is 6.07 Å². The molecule has 0 saturated carbocycles. The van der Waals surface area contributed by atoms with E-state index in [0.29, 0.717) is 0 Å². The summed E-state index contributed by atoms with van der Waals surface area (Å²) in [4.78, 5) is 2.44. The number of halogens is 6. The zero-order chi connectivity index (χ0) is 12.5. The lowest BCUT2D eigenvalue weighted by Crippen LogP contribution is -2.14. The van der Waals surface area contributed by atoms with E-state index in [-0.39, 0.29) is 6.07 Å². The second kappa shape index (κ2) is 4.00. The van der Waals surface area contributed by atoms with Crippen LogP contribution in [0.25, 0.3) is 0 Å². The SMILES string of the molecule is N#Cc1cc(F)c(C(F)(F)F)nc1C(F)F. The molecule has 1 heterocycles. The summed E-state index contributed by atoms with van der Waals surface area (Å²) >= 11 is 0. The molecular formula is C8H2F6N2. The van der Waals surface area contributed by atoms with Crippen molar-refractivity contribution < 1.29 is 26.3 Å². The number of hydrogen-bond acceptors (Lipinski definition) is 2. The fourth-order valence-electron chi connectivity index (χ4n) is 0.958. The van der Waals surface area contributed by atoms with Crippen LogP contribution in [0, 0.1) is 17.1 Å². The van der Waals surface area contributed by atoms with Crippen molar-refractivity contribution in [3.63, 3.8) is 0 Å². The highest BCUT2D eigenvalue weighted by atomic mass is 19.4. The maximum atomic E-state index is 12.8. The van der Waals surface area contributed by atoms with Gasteiger partial charge in [0.1, 0.15) is 11.8 Å². The van der Waals surface area contributed by atoms with Crippen molar-refractivity contribution in [3.8, 4) is 6.07 Å². The molecule has 1 aromatic heterocycles.